The van der Waals surface area contributed by atoms with Crippen molar-refractivity contribution in [3.63, 3.8) is 0 Å². The van der Waals surface area contributed by atoms with Gasteiger partial charge in [0.05, 0.1) is 0 Å². The van der Waals surface area contributed by atoms with Crippen molar-refractivity contribution in [1.29, 1.82) is 0 Å². The van der Waals surface area contributed by atoms with Crippen LogP contribution in [0.4, 0.5) is 0 Å². The van der Waals surface area contributed by atoms with E-state index in [-0.39, 0.29) is 0 Å². The quantitative estimate of drug-likeness (QED) is 0.716. The summed E-state index contributed by atoms with van der Waals surface area (Å²) < 4.78 is 1.20. The average Bonchev–Trinajstić information content (AvgIpc) is 2.35. The summed E-state index contributed by atoms with van der Waals surface area (Å²) in [5.74, 6) is 5.33. The lowest BCUT2D eigenvalue weighted by molar-refractivity contribution is -0.0360. The second kappa shape index (κ2) is 4.37. The average molecular weight is 305 g/mol. The summed E-state index contributed by atoms with van der Waals surface area (Å²) in [4.78, 5) is 0. The molecule has 0 unspecified atom stereocenters. The van der Waals surface area contributed by atoms with Crippen LogP contribution in [-0.4, -0.2) is 0 Å². The fraction of sp³-hybridized carbons (Fsp3) is 0.647. The van der Waals surface area contributed by atoms with Crippen molar-refractivity contribution < 1.29 is 0 Å². The molecular weight excluding hydrogens is 284 g/mol. The molecule has 0 heterocycles. The lowest BCUT2D eigenvalue weighted by Crippen LogP contribution is -2.45. The van der Waals surface area contributed by atoms with Gasteiger partial charge in [-0.2, -0.15) is 0 Å². The summed E-state index contributed by atoms with van der Waals surface area (Å²) in [6.45, 7) is 0. The predicted octanol–water partition coefficient (Wildman–Crippen LogP) is 5.06. The minimum absolute atomic E-state index is 0.999. The van der Waals surface area contributed by atoms with Gasteiger partial charge in [-0.25, -0.2) is 0 Å². The van der Waals surface area contributed by atoms with E-state index in [1.54, 1.807) is 37.7 Å². The molecule has 0 spiro atoms. The maximum atomic E-state index is 3.53. The Kier molecular flexibility index (Phi) is 2.80. The van der Waals surface area contributed by atoms with Gasteiger partial charge in [0.25, 0.3) is 0 Å². The number of benzene rings is 1. The van der Waals surface area contributed by atoms with Crippen molar-refractivity contribution in [3.8, 4) is 0 Å². The van der Waals surface area contributed by atoms with Crippen LogP contribution in [0.15, 0.2) is 28.7 Å². The highest BCUT2D eigenvalue weighted by atomic mass is 79.9. The van der Waals surface area contributed by atoms with Crippen LogP contribution in [0.3, 0.4) is 0 Å². The molecule has 4 aliphatic carbocycles. The topological polar surface area (TPSA) is 0 Å². The Morgan fingerprint density at radius 1 is 0.833 bits per heavy atom. The fourth-order valence-corrected chi connectivity index (χ4v) is 5.53. The van der Waals surface area contributed by atoms with Crippen LogP contribution in [0.2, 0.25) is 0 Å². The van der Waals surface area contributed by atoms with Crippen LogP contribution < -0.4 is 0 Å². The molecule has 4 fully saturated rings. The van der Waals surface area contributed by atoms with Crippen LogP contribution in [0.25, 0.3) is 0 Å². The van der Waals surface area contributed by atoms with E-state index in [4.69, 9.17) is 0 Å². The highest BCUT2D eigenvalue weighted by Crippen LogP contribution is 2.57. The molecule has 18 heavy (non-hydrogen) atoms. The fourth-order valence-electron chi connectivity index (χ4n) is 5.26. The second-order valence-electron chi connectivity index (χ2n) is 6.93. The van der Waals surface area contributed by atoms with E-state index in [1.165, 1.54) is 10.9 Å². The van der Waals surface area contributed by atoms with Gasteiger partial charge in [-0.05, 0) is 85.8 Å². The highest BCUT2D eigenvalue weighted by Gasteiger charge is 2.47. The van der Waals surface area contributed by atoms with Gasteiger partial charge in [-0.15, -0.1) is 0 Å². The smallest absolute Gasteiger partial charge is 0.0175 e. The van der Waals surface area contributed by atoms with Crippen LogP contribution in [0.1, 0.15) is 37.7 Å². The third kappa shape index (κ3) is 1.95. The molecule has 0 atom stereocenters. The van der Waals surface area contributed by atoms with Gasteiger partial charge in [0, 0.05) is 4.47 Å². The summed E-state index contributed by atoms with van der Waals surface area (Å²) in [5.41, 5.74) is 1.55. The first kappa shape index (κ1) is 11.5. The largest absolute Gasteiger partial charge is 0.0579 e. The van der Waals surface area contributed by atoms with Crippen LogP contribution in [0, 0.1) is 29.6 Å². The number of halogens is 1. The zero-order valence-electron chi connectivity index (χ0n) is 10.8. The molecule has 1 aromatic carbocycles. The molecule has 4 bridgehead atoms. The lowest BCUT2D eigenvalue weighted by atomic mass is 9.51. The molecule has 5 rings (SSSR count). The first-order valence-electron chi connectivity index (χ1n) is 7.52. The number of hydrogen-bond donors (Lipinski definition) is 0. The highest BCUT2D eigenvalue weighted by molar-refractivity contribution is 9.10. The monoisotopic (exact) mass is 304 g/mol. The third-order valence-corrected chi connectivity index (χ3v) is 6.34. The van der Waals surface area contributed by atoms with Crippen molar-refractivity contribution in [2.24, 2.45) is 29.6 Å². The van der Waals surface area contributed by atoms with Crippen molar-refractivity contribution in [2.45, 2.75) is 38.5 Å². The van der Waals surface area contributed by atoms with E-state index in [0.717, 1.165) is 29.6 Å². The Bertz CT molecular complexity index is 405. The zero-order valence-corrected chi connectivity index (χ0v) is 12.4. The van der Waals surface area contributed by atoms with Gasteiger partial charge in [-0.3, -0.25) is 0 Å². The van der Waals surface area contributed by atoms with E-state index in [2.05, 4.69) is 40.2 Å². The molecule has 0 radical (unpaired) electrons. The first-order valence-corrected chi connectivity index (χ1v) is 8.31. The van der Waals surface area contributed by atoms with Gasteiger partial charge in [-0.1, -0.05) is 28.1 Å². The first-order chi connectivity index (χ1) is 8.78. The standard InChI is InChI=1S/C17H21Br/c18-16-3-1-11(2-4-16)10-17-14-6-12-5-13(8-14)9-15(17)7-12/h1-4,12-15,17H,5-10H2. The summed E-state index contributed by atoms with van der Waals surface area (Å²) in [5, 5.41) is 0. The Hall–Kier alpha value is -0.300. The number of hydrogen-bond acceptors (Lipinski definition) is 0. The van der Waals surface area contributed by atoms with E-state index in [1.807, 2.05) is 0 Å². The summed E-state index contributed by atoms with van der Waals surface area (Å²) >= 11 is 3.53. The maximum absolute atomic E-state index is 3.53. The predicted molar refractivity (Wildman–Crippen MR) is 78.4 cm³/mol. The minimum Gasteiger partial charge on any atom is -0.0579 e. The summed E-state index contributed by atoms with van der Waals surface area (Å²) in [6, 6.07) is 9.03. The Labute approximate surface area is 118 Å². The Morgan fingerprint density at radius 3 is 1.94 bits per heavy atom. The molecule has 96 valence electrons. The molecule has 0 N–H and O–H groups in total. The molecule has 1 aromatic rings. The molecule has 1 heteroatoms. The van der Waals surface area contributed by atoms with Gasteiger partial charge in [0.2, 0.25) is 0 Å². The maximum Gasteiger partial charge on any atom is 0.0175 e. The zero-order chi connectivity index (χ0) is 12.1. The SMILES string of the molecule is Brc1ccc(CC2C3CC4CC(C3)CC2C4)cc1. The Balaban J connectivity index is 1.53. The number of rotatable bonds is 2. The van der Waals surface area contributed by atoms with E-state index < -0.39 is 0 Å². The van der Waals surface area contributed by atoms with Crippen LogP contribution >= 0.6 is 15.9 Å². The van der Waals surface area contributed by atoms with E-state index >= 15 is 0 Å². The molecule has 0 amide bonds. The third-order valence-electron chi connectivity index (χ3n) is 5.81. The molecular formula is C17H21Br. The van der Waals surface area contributed by atoms with Crippen LogP contribution in [0.5, 0.6) is 0 Å². The van der Waals surface area contributed by atoms with E-state index in [0.29, 0.717) is 0 Å². The summed E-state index contributed by atoms with van der Waals surface area (Å²) in [7, 11) is 0. The van der Waals surface area contributed by atoms with Crippen molar-refractivity contribution in [2.75, 3.05) is 0 Å². The molecule has 4 saturated carbocycles. The molecule has 0 aliphatic heterocycles. The molecule has 0 saturated heterocycles. The van der Waals surface area contributed by atoms with Crippen molar-refractivity contribution in [3.05, 3.63) is 34.3 Å². The summed E-state index contributed by atoms with van der Waals surface area (Å²) in [6.07, 6.45) is 9.10. The van der Waals surface area contributed by atoms with Gasteiger partial charge in [0.15, 0.2) is 0 Å². The molecule has 0 nitrogen and oxygen atoms in total. The normalized spacial score (nSPS) is 41.3. The molecule has 0 aromatic heterocycles. The van der Waals surface area contributed by atoms with E-state index in [9.17, 15) is 0 Å². The lowest BCUT2D eigenvalue weighted by Gasteiger charge is -2.54. The van der Waals surface area contributed by atoms with Crippen molar-refractivity contribution >= 4 is 15.9 Å². The van der Waals surface area contributed by atoms with Crippen LogP contribution in [-0.2, 0) is 6.42 Å². The van der Waals surface area contributed by atoms with Gasteiger partial charge < -0.3 is 0 Å². The second-order valence-corrected chi connectivity index (χ2v) is 7.84. The molecule has 4 aliphatic rings. The Morgan fingerprint density at radius 2 is 1.39 bits per heavy atom. The van der Waals surface area contributed by atoms with Crippen molar-refractivity contribution in [1.82, 2.24) is 0 Å². The van der Waals surface area contributed by atoms with Gasteiger partial charge >= 0.3 is 0 Å². The minimum atomic E-state index is 0.999. The van der Waals surface area contributed by atoms with Gasteiger partial charge in [0.1, 0.15) is 0 Å².